The van der Waals surface area contributed by atoms with Gasteiger partial charge in [0.25, 0.3) is 0 Å². The number of hydrogen-bond donors (Lipinski definition) is 0. The number of carbonyl (C=O) groups is 6. The Morgan fingerprint density at radius 1 is 0.400 bits per heavy atom. The Bertz CT molecular complexity index is 6510. The van der Waals surface area contributed by atoms with Crippen molar-refractivity contribution in [3.05, 3.63) is 260 Å². The summed E-state index contributed by atoms with van der Waals surface area (Å²) in [6.07, 6.45) is -15.1. The molecule has 24 nitrogen and oxygen atoms in total. The molecule has 0 bridgehead atoms. The fourth-order valence-corrected chi connectivity index (χ4v) is 21.1. The van der Waals surface area contributed by atoms with Crippen LogP contribution >= 0.6 is 49.9 Å². The van der Waals surface area contributed by atoms with Gasteiger partial charge in [0.2, 0.25) is 0 Å². The standard InChI is InChI=1S/C35H33BrF3N3O5S.2C34H32F3N3O5S/c1-18-11-22(13-23(12-18)35(37,38)39)30-20(3)42(34(44)47-30)16-28-24(15-27(36)32(40-28)41-9-6-10-41)25-14-21(7-8-29(25)45-4)26-17-48-31(19(26)2)33(43)46-5;1-19-14-22(16-23(15-19)34(35,36)37)31-20(2)40(33(42)45-31)18-26-24(7-11-30(38-26)39-12-5-13-39)25-17-21(6-8-27(25)43-3)28-9-10-29(46-28)32(41)44-4;1-19-12-22(14-24(13-19)34(35,36)37)31-20(2)40(33(42)45-31)17-27-25(7-9-30(38-27)39-10-5-11-39)26-15-21(6-8-28(26)43-3)23-16-29(46-18-23)32(41)44-4/h7-8,11-15,17,20,30H,6,9-10,16H2,1-5H3;6-11,14-17,20,31H,5,12-13,18H2,1-4H3;6-9,12-16,18,20,31H,5,10-11,17H2,1-4H3/t20-,30-;2*20-,31-/m000/s1. The van der Waals surface area contributed by atoms with Crippen molar-refractivity contribution in [2.24, 2.45) is 0 Å². The number of benzene rings is 6. The van der Waals surface area contributed by atoms with Gasteiger partial charge in [0.1, 0.15) is 67.6 Å². The topological polar surface area (TPSA) is 244 Å². The lowest BCUT2D eigenvalue weighted by molar-refractivity contribution is -0.138. The van der Waals surface area contributed by atoms with E-state index in [0.717, 1.165) is 177 Å². The molecule has 6 aromatic carbocycles. The third kappa shape index (κ3) is 20.8. The number of anilines is 3. The quantitative estimate of drug-likeness (QED) is 0.0310. The number of amides is 3. The molecule has 37 heteroatoms. The van der Waals surface area contributed by atoms with Crippen molar-refractivity contribution in [3.63, 3.8) is 0 Å². The molecule has 732 valence electrons. The number of thiophene rings is 3. The van der Waals surface area contributed by atoms with Crippen LogP contribution in [-0.4, -0.2) is 166 Å². The van der Waals surface area contributed by atoms with Gasteiger partial charge in [0.05, 0.1) is 119 Å². The van der Waals surface area contributed by atoms with Gasteiger partial charge in [-0.15, -0.1) is 34.0 Å². The summed E-state index contributed by atoms with van der Waals surface area (Å²) in [5.74, 6) is 2.78. The minimum atomic E-state index is -4.54. The van der Waals surface area contributed by atoms with E-state index in [1.165, 1.54) is 70.0 Å². The fourth-order valence-electron chi connectivity index (χ4n) is 17.8. The molecule has 6 saturated heterocycles. The summed E-state index contributed by atoms with van der Waals surface area (Å²) in [5.41, 5.74) is 10.9. The van der Waals surface area contributed by atoms with Gasteiger partial charge < -0.3 is 57.3 Å². The molecule has 0 spiro atoms. The van der Waals surface area contributed by atoms with Crippen LogP contribution in [0, 0.1) is 27.7 Å². The first-order valence-corrected chi connectivity index (χ1v) is 48.1. The Balaban J connectivity index is 0.000000151. The predicted octanol–water partition coefficient (Wildman–Crippen LogP) is 24.7. The smallest absolute Gasteiger partial charge is 0.416 e. The van der Waals surface area contributed by atoms with Crippen LogP contribution in [0.1, 0.15) is 160 Å². The molecule has 140 heavy (non-hydrogen) atoms. The van der Waals surface area contributed by atoms with E-state index in [0.29, 0.717) is 76.8 Å². The molecule has 0 radical (unpaired) electrons. The number of aryl methyl sites for hydroxylation is 3. The SMILES string of the molecule is COC(=O)c1cc(-c2ccc(OC)c(-c3ccc(N4CCC4)nc3CN3C(=O)O[C@H](c4cc(C)cc(C(F)(F)F)c4)[C@@H]3C)c2)cs1.COC(=O)c1ccc(-c2ccc(OC)c(-c3ccc(N4CCC4)nc3CN3C(=O)O[C@H](c4cc(C)cc(C(F)(F)F)c4)[C@@H]3C)c2)s1.COC(=O)c1scc(-c2ccc(OC)c(-c3cc(Br)c(N4CCC4)nc3CN3C(=O)O[C@H](c4cc(C)cc(C(F)(F)F)c4)[C@@H]3C)c2)c1C. The van der Waals surface area contributed by atoms with Crippen LogP contribution in [0.15, 0.2) is 173 Å². The molecule has 6 fully saturated rings. The average molecular weight is 2050 g/mol. The van der Waals surface area contributed by atoms with Crippen LogP contribution in [0.25, 0.3) is 66.1 Å². The number of methoxy groups -OCH3 is 6. The van der Waals surface area contributed by atoms with E-state index in [9.17, 15) is 68.3 Å². The Morgan fingerprint density at radius 3 is 1.20 bits per heavy atom. The molecule has 6 aromatic heterocycles. The molecule has 0 saturated carbocycles. The summed E-state index contributed by atoms with van der Waals surface area (Å²) in [4.78, 5) is 105. The van der Waals surface area contributed by atoms with Crippen molar-refractivity contribution >= 4 is 104 Å². The van der Waals surface area contributed by atoms with E-state index >= 15 is 0 Å². The van der Waals surface area contributed by atoms with E-state index in [2.05, 4.69) is 30.6 Å². The van der Waals surface area contributed by atoms with Crippen LogP contribution in [0.3, 0.4) is 0 Å². The lowest BCUT2D eigenvalue weighted by atomic mass is 9.95. The number of nitrogens with zero attached hydrogens (tertiary/aromatic N) is 9. The van der Waals surface area contributed by atoms with E-state index in [1.54, 1.807) is 93.2 Å². The zero-order chi connectivity index (χ0) is 100.0. The first kappa shape index (κ1) is 99.7. The van der Waals surface area contributed by atoms with E-state index in [1.807, 2.05) is 109 Å². The number of esters is 3. The van der Waals surface area contributed by atoms with Gasteiger partial charge in [-0.2, -0.15) is 39.5 Å². The number of carbonyl (C=O) groups excluding carboxylic acids is 6. The molecule has 18 rings (SSSR count). The van der Waals surface area contributed by atoms with E-state index < -0.39 is 108 Å². The van der Waals surface area contributed by atoms with Crippen molar-refractivity contribution in [1.29, 1.82) is 0 Å². The Kier molecular flexibility index (Phi) is 29.1. The first-order chi connectivity index (χ1) is 66.7. The number of halogens is 10. The molecule has 6 atom stereocenters. The molecule has 0 aliphatic carbocycles. The second kappa shape index (κ2) is 40.9. The van der Waals surface area contributed by atoms with Crippen LogP contribution in [-0.2, 0) is 66.6 Å². The Hall–Kier alpha value is -13.3. The molecule has 6 aliphatic rings. The normalized spacial score (nSPS) is 17.9. The lowest BCUT2D eigenvalue weighted by Gasteiger charge is -2.34. The highest BCUT2D eigenvalue weighted by Gasteiger charge is 2.47. The first-order valence-electron chi connectivity index (χ1n) is 44.7. The highest BCUT2D eigenvalue weighted by molar-refractivity contribution is 9.10. The van der Waals surface area contributed by atoms with Gasteiger partial charge in [-0.3, -0.25) is 14.7 Å². The maximum absolute atomic E-state index is 13.7. The Morgan fingerprint density at radius 2 is 0.793 bits per heavy atom. The monoisotopic (exact) mass is 2050 g/mol. The van der Waals surface area contributed by atoms with E-state index in [4.69, 9.17) is 57.6 Å². The van der Waals surface area contributed by atoms with Gasteiger partial charge in [-0.25, -0.2) is 43.7 Å². The van der Waals surface area contributed by atoms with Gasteiger partial charge >= 0.3 is 54.7 Å². The number of ether oxygens (including phenoxy) is 9. The summed E-state index contributed by atoms with van der Waals surface area (Å²) >= 11 is 7.62. The highest BCUT2D eigenvalue weighted by atomic mass is 79.9. The Labute approximate surface area is 821 Å². The van der Waals surface area contributed by atoms with Crippen LogP contribution < -0.4 is 28.9 Å². The fraction of sp³-hybridized carbons (Fsp3) is 0.330. The number of alkyl halides is 9. The lowest BCUT2D eigenvalue weighted by Crippen LogP contribution is -2.38. The molecule has 12 aromatic rings. The van der Waals surface area contributed by atoms with Crippen LogP contribution in [0.2, 0.25) is 0 Å². The van der Waals surface area contributed by atoms with Crippen LogP contribution in [0.4, 0.5) is 71.4 Å². The predicted molar refractivity (Wildman–Crippen MR) is 517 cm³/mol. The molecule has 6 aliphatic heterocycles. The second-order valence-electron chi connectivity index (χ2n) is 34.7. The number of aromatic nitrogens is 3. The molecule has 0 N–H and O–H groups in total. The summed E-state index contributed by atoms with van der Waals surface area (Å²) in [7, 11) is 8.74. The van der Waals surface area contributed by atoms with Crippen molar-refractivity contribution in [2.75, 3.05) is 96.6 Å². The number of hydrogen-bond acceptors (Lipinski definition) is 24. The zero-order valence-corrected chi connectivity index (χ0v) is 82.3. The maximum atomic E-state index is 13.7. The van der Waals surface area contributed by atoms with Crippen molar-refractivity contribution in [2.45, 2.75) is 142 Å². The van der Waals surface area contributed by atoms with Crippen LogP contribution in [0.5, 0.6) is 17.2 Å². The van der Waals surface area contributed by atoms with E-state index in [-0.39, 0.29) is 36.3 Å². The van der Waals surface area contributed by atoms with Gasteiger partial charge in [0, 0.05) is 77.5 Å². The molecule has 12 heterocycles. The van der Waals surface area contributed by atoms with Gasteiger partial charge in [-0.05, 0) is 272 Å². The number of rotatable bonds is 24. The van der Waals surface area contributed by atoms with Crippen molar-refractivity contribution in [3.8, 4) is 83.3 Å². The van der Waals surface area contributed by atoms with Gasteiger partial charge in [-0.1, -0.05) is 47.0 Å². The second-order valence-corrected chi connectivity index (χ2v) is 38.5. The van der Waals surface area contributed by atoms with Crippen molar-refractivity contribution in [1.82, 2.24) is 29.7 Å². The summed E-state index contributed by atoms with van der Waals surface area (Å²) in [6, 6.07) is 41.7. The molecule has 3 amide bonds. The summed E-state index contributed by atoms with van der Waals surface area (Å²) < 4.78 is 172. The maximum Gasteiger partial charge on any atom is 0.416 e. The minimum Gasteiger partial charge on any atom is -0.496 e. The van der Waals surface area contributed by atoms with Gasteiger partial charge in [0.15, 0.2) is 0 Å². The van der Waals surface area contributed by atoms with Crippen molar-refractivity contribution < 1.29 is 111 Å². The third-order valence-corrected chi connectivity index (χ3v) is 29.3. The molecular weight excluding hydrogens is 1950 g/mol. The third-order valence-electron chi connectivity index (χ3n) is 25.7. The largest absolute Gasteiger partial charge is 0.496 e. The molecular formula is C103H97BrF9N9O15S3. The minimum absolute atomic E-state index is 0.0370. The summed E-state index contributed by atoms with van der Waals surface area (Å²) in [6.45, 7) is 17.2. The number of pyridine rings is 3. The highest BCUT2D eigenvalue weighted by Crippen LogP contribution is 2.49. The molecule has 0 unspecified atom stereocenters. The number of cyclic esters (lactones) is 3. The zero-order valence-electron chi connectivity index (χ0n) is 78.3. The average Bonchev–Trinajstić information content (AvgIpc) is 1.49. The summed E-state index contributed by atoms with van der Waals surface area (Å²) in [5, 5.41) is 3.79.